The van der Waals surface area contributed by atoms with Gasteiger partial charge in [-0.05, 0) is 63.3 Å². The largest absolute Gasteiger partial charge is 0.496 e. The first-order valence-electron chi connectivity index (χ1n) is 11.5. The van der Waals surface area contributed by atoms with Gasteiger partial charge in [-0.2, -0.15) is 0 Å². The van der Waals surface area contributed by atoms with Crippen molar-refractivity contribution in [1.29, 1.82) is 0 Å². The molecule has 0 saturated carbocycles. The Hall–Kier alpha value is -2.37. The third-order valence-electron chi connectivity index (χ3n) is 5.85. The molecule has 5 heteroatoms. The van der Waals surface area contributed by atoms with Gasteiger partial charge >= 0.3 is 5.97 Å². The average Bonchev–Trinajstić information content (AvgIpc) is 2.76. The maximum atomic E-state index is 12.2. The van der Waals surface area contributed by atoms with Gasteiger partial charge < -0.3 is 19.9 Å². The van der Waals surface area contributed by atoms with E-state index in [1.165, 1.54) is 5.56 Å². The van der Waals surface area contributed by atoms with Gasteiger partial charge in [0, 0.05) is 18.9 Å². The molecule has 176 valence electrons. The molecule has 0 fully saturated rings. The molecule has 0 bridgehead atoms. The number of methoxy groups -OCH3 is 1. The highest BCUT2D eigenvalue weighted by molar-refractivity contribution is 5.75. The molecule has 0 saturated heterocycles. The molecule has 0 aromatic heterocycles. The van der Waals surface area contributed by atoms with Gasteiger partial charge in [0.25, 0.3) is 0 Å². The number of ether oxygens (including phenoxy) is 3. The molecule has 0 aliphatic heterocycles. The molecule has 0 radical (unpaired) electrons. The standard InChI is InChI=1S/C27H39NO4/c1-7-15-31-27(4,5)24(20(3)32-26(29)19(2)28)18-22-13-14-25(30-6)23(17-22)16-21-11-9-8-10-12-21/h8-14,17,19-20,24H,7,15-16,18,28H2,1-6H3/t19-,20-,24-/m0/s1. The lowest BCUT2D eigenvalue weighted by atomic mass is 9.81. The first kappa shape index (κ1) is 25.9. The Bertz CT molecular complexity index is 848. The van der Waals surface area contributed by atoms with E-state index < -0.39 is 17.6 Å². The van der Waals surface area contributed by atoms with Crippen molar-refractivity contribution in [1.82, 2.24) is 0 Å². The van der Waals surface area contributed by atoms with E-state index in [0.29, 0.717) is 13.0 Å². The van der Waals surface area contributed by atoms with E-state index in [1.54, 1.807) is 14.0 Å². The topological polar surface area (TPSA) is 70.8 Å². The van der Waals surface area contributed by atoms with Crippen LogP contribution in [0.15, 0.2) is 48.5 Å². The highest BCUT2D eigenvalue weighted by atomic mass is 16.5. The summed E-state index contributed by atoms with van der Waals surface area (Å²) >= 11 is 0. The lowest BCUT2D eigenvalue weighted by molar-refractivity contribution is -0.160. The summed E-state index contributed by atoms with van der Waals surface area (Å²) in [6, 6.07) is 16.0. The number of esters is 1. The zero-order valence-electron chi connectivity index (χ0n) is 20.4. The summed E-state index contributed by atoms with van der Waals surface area (Å²) in [6.45, 7) is 10.4. The number of rotatable bonds is 12. The second-order valence-corrected chi connectivity index (χ2v) is 9.00. The van der Waals surface area contributed by atoms with Crippen molar-refractivity contribution in [3.05, 3.63) is 65.2 Å². The van der Waals surface area contributed by atoms with E-state index in [1.807, 2.05) is 31.2 Å². The molecule has 2 rings (SSSR count). The third-order valence-corrected chi connectivity index (χ3v) is 5.85. The Morgan fingerprint density at radius 3 is 2.34 bits per heavy atom. The first-order valence-corrected chi connectivity index (χ1v) is 11.5. The summed E-state index contributed by atoms with van der Waals surface area (Å²) in [7, 11) is 1.70. The van der Waals surface area contributed by atoms with Crippen molar-refractivity contribution in [2.24, 2.45) is 11.7 Å². The summed E-state index contributed by atoms with van der Waals surface area (Å²) in [4.78, 5) is 12.2. The van der Waals surface area contributed by atoms with Crippen LogP contribution in [0.1, 0.15) is 57.7 Å². The van der Waals surface area contributed by atoms with Gasteiger partial charge in [0.15, 0.2) is 0 Å². The predicted molar refractivity (Wildman–Crippen MR) is 129 cm³/mol. The molecule has 2 N–H and O–H groups in total. The fourth-order valence-corrected chi connectivity index (χ4v) is 3.99. The lowest BCUT2D eigenvalue weighted by Crippen LogP contribution is -2.45. The number of hydrogen-bond acceptors (Lipinski definition) is 5. The van der Waals surface area contributed by atoms with Crippen LogP contribution in [0.2, 0.25) is 0 Å². The minimum absolute atomic E-state index is 0.0466. The van der Waals surface area contributed by atoms with E-state index in [-0.39, 0.29) is 12.0 Å². The van der Waals surface area contributed by atoms with Crippen LogP contribution in [0.25, 0.3) is 0 Å². The van der Waals surface area contributed by atoms with Crippen LogP contribution in [-0.4, -0.2) is 37.4 Å². The van der Waals surface area contributed by atoms with Crippen molar-refractivity contribution in [3.8, 4) is 5.75 Å². The molecular weight excluding hydrogens is 402 g/mol. The van der Waals surface area contributed by atoms with Crippen molar-refractivity contribution >= 4 is 5.97 Å². The Morgan fingerprint density at radius 1 is 1.06 bits per heavy atom. The number of benzene rings is 2. The van der Waals surface area contributed by atoms with Gasteiger partial charge in [0.05, 0.1) is 12.7 Å². The highest BCUT2D eigenvalue weighted by Gasteiger charge is 2.37. The van der Waals surface area contributed by atoms with Crippen LogP contribution in [0.3, 0.4) is 0 Å². The number of hydrogen-bond donors (Lipinski definition) is 1. The smallest absolute Gasteiger partial charge is 0.322 e. The third kappa shape index (κ3) is 7.35. The van der Waals surface area contributed by atoms with E-state index in [2.05, 4.69) is 45.0 Å². The first-order chi connectivity index (χ1) is 15.2. The summed E-state index contributed by atoms with van der Waals surface area (Å²) in [5, 5.41) is 0. The maximum Gasteiger partial charge on any atom is 0.322 e. The summed E-state index contributed by atoms with van der Waals surface area (Å²) in [5.41, 5.74) is 8.76. The predicted octanol–water partition coefficient (Wildman–Crippen LogP) is 4.93. The fourth-order valence-electron chi connectivity index (χ4n) is 3.99. The van der Waals surface area contributed by atoms with Crippen LogP contribution in [0.5, 0.6) is 5.75 Å². The van der Waals surface area contributed by atoms with Gasteiger partial charge in [0.1, 0.15) is 17.9 Å². The van der Waals surface area contributed by atoms with Crippen LogP contribution in [0, 0.1) is 5.92 Å². The molecule has 0 spiro atoms. The number of carbonyl (C=O) groups excluding carboxylic acids is 1. The van der Waals surface area contributed by atoms with Crippen LogP contribution < -0.4 is 10.5 Å². The second-order valence-electron chi connectivity index (χ2n) is 9.00. The normalized spacial score (nSPS) is 14.5. The van der Waals surface area contributed by atoms with E-state index in [4.69, 9.17) is 19.9 Å². The van der Waals surface area contributed by atoms with Crippen LogP contribution >= 0.6 is 0 Å². The quantitative estimate of drug-likeness (QED) is 0.473. The van der Waals surface area contributed by atoms with Crippen molar-refractivity contribution in [2.75, 3.05) is 13.7 Å². The Labute approximate surface area is 193 Å². The van der Waals surface area contributed by atoms with Crippen molar-refractivity contribution in [2.45, 2.75) is 71.6 Å². The zero-order chi connectivity index (χ0) is 23.7. The fraction of sp³-hybridized carbons (Fsp3) is 0.519. The van der Waals surface area contributed by atoms with Crippen LogP contribution in [0.4, 0.5) is 0 Å². The molecule has 0 heterocycles. The van der Waals surface area contributed by atoms with Gasteiger partial charge in [-0.3, -0.25) is 4.79 Å². The average molecular weight is 442 g/mol. The SMILES string of the molecule is CCCOC(C)(C)[C@@H](Cc1ccc(OC)c(Cc2ccccc2)c1)[C@H](C)OC(=O)[C@H](C)N. The maximum absolute atomic E-state index is 12.2. The van der Waals surface area contributed by atoms with Gasteiger partial charge in [-0.25, -0.2) is 0 Å². The molecule has 0 aliphatic rings. The minimum atomic E-state index is -0.656. The van der Waals surface area contributed by atoms with Gasteiger partial charge in [0.2, 0.25) is 0 Å². The summed E-state index contributed by atoms with van der Waals surface area (Å²) in [6.07, 6.45) is 2.07. The molecule has 0 amide bonds. The zero-order valence-corrected chi connectivity index (χ0v) is 20.4. The van der Waals surface area contributed by atoms with E-state index in [9.17, 15) is 4.79 Å². The Morgan fingerprint density at radius 2 is 1.75 bits per heavy atom. The molecule has 2 aromatic carbocycles. The summed E-state index contributed by atoms with van der Waals surface area (Å²) in [5.74, 6) is 0.426. The number of carbonyl (C=O) groups is 1. The molecular formula is C27H39NO4. The van der Waals surface area contributed by atoms with Crippen LogP contribution in [-0.2, 0) is 27.1 Å². The van der Waals surface area contributed by atoms with E-state index in [0.717, 1.165) is 29.7 Å². The monoisotopic (exact) mass is 441 g/mol. The van der Waals surface area contributed by atoms with Crippen molar-refractivity contribution < 1.29 is 19.0 Å². The molecule has 0 unspecified atom stereocenters. The minimum Gasteiger partial charge on any atom is -0.496 e. The Balaban J connectivity index is 2.32. The molecule has 2 aromatic rings. The molecule has 32 heavy (non-hydrogen) atoms. The van der Waals surface area contributed by atoms with Crippen molar-refractivity contribution in [3.63, 3.8) is 0 Å². The molecule has 5 nitrogen and oxygen atoms in total. The lowest BCUT2D eigenvalue weighted by Gasteiger charge is -2.38. The molecule has 3 atom stereocenters. The van der Waals surface area contributed by atoms with Gasteiger partial charge in [-0.1, -0.05) is 49.4 Å². The highest BCUT2D eigenvalue weighted by Crippen LogP contribution is 2.32. The number of nitrogens with two attached hydrogens (primary N) is 1. The Kier molecular flexibility index (Phi) is 9.73. The summed E-state index contributed by atoms with van der Waals surface area (Å²) < 4.78 is 17.5. The second kappa shape index (κ2) is 12.0. The molecule has 0 aliphatic carbocycles. The van der Waals surface area contributed by atoms with E-state index >= 15 is 0 Å². The van der Waals surface area contributed by atoms with Gasteiger partial charge in [-0.15, -0.1) is 0 Å².